The third-order valence-electron chi connectivity index (χ3n) is 3.03. The van der Waals surface area contributed by atoms with Crippen LogP contribution in [0.1, 0.15) is 11.4 Å². The number of allylic oxidation sites excluding steroid dienone is 1. The molecule has 0 saturated heterocycles. The van der Waals surface area contributed by atoms with Gasteiger partial charge in [0, 0.05) is 16.9 Å². The average Bonchev–Trinajstić information content (AvgIpc) is 2.97. The van der Waals surface area contributed by atoms with Crippen molar-refractivity contribution in [1.29, 1.82) is 0 Å². The number of hydrogen-bond acceptors (Lipinski definition) is 5. The van der Waals surface area contributed by atoms with E-state index < -0.39 is 0 Å². The lowest BCUT2D eigenvalue weighted by molar-refractivity contribution is 0.415. The topological polar surface area (TPSA) is 52.3 Å². The number of nitrogens with zero attached hydrogens (tertiary/aromatic N) is 4. The van der Waals surface area contributed by atoms with Gasteiger partial charge in [0.25, 0.3) is 0 Å². The number of halogens is 2. The van der Waals surface area contributed by atoms with Gasteiger partial charge in [-0.1, -0.05) is 23.4 Å². The maximum absolute atomic E-state index is 5.96. The van der Waals surface area contributed by atoms with E-state index >= 15 is 0 Å². The first-order chi connectivity index (χ1) is 10.7. The summed E-state index contributed by atoms with van der Waals surface area (Å²) in [7, 11) is 1.64. The second kappa shape index (κ2) is 6.73. The molecule has 1 aromatic heterocycles. The molecule has 0 unspecified atom stereocenters. The zero-order valence-corrected chi connectivity index (χ0v) is 14.0. The van der Waals surface area contributed by atoms with E-state index in [2.05, 4.69) is 15.3 Å². The second-order valence-corrected chi connectivity index (χ2v) is 6.14. The van der Waals surface area contributed by atoms with E-state index in [0.717, 1.165) is 27.9 Å². The zero-order chi connectivity index (χ0) is 15.5. The molecule has 0 spiro atoms. The third-order valence-corrected chi connectivity index (χ3v) is 4.63. The minimum atomic E-state index is 0.228. The molecule has 8 heteroatoms. The van der Waals surface area contributed by atoms with Crippen molar-refractivity contribution in [3.63, 3.8) is 0 Å². The number of thioether (sulfide) groups is 1. The van der Waals surface area contributed by atoms with Crippen LogP contribution >= 0.6 is 35.0 Å². The minimum absolute atomic E-state index is 0.228. The molecule has 3 rings (SSSR count). The summed E-state index contributed by atoms with van der Waals surface area (Å²) in [5, 5.41) is 14.0. The van der Waals surface area contributed by atoms with Crippen molar-refractivity contribution in [3.8, 4) is 5.75 Å². The Morgan fingerprint density at radius 3 is 2.82 bits per heavy atom. The summed E-state index contributed by atoms with van der Waals surface area (Å²) in [6.45, 7) is 0. The predicted octanol–water partition coefficient (Wildman–Crippen LogP) is 3.46. The van der Waals surface area contributed by atoms with Crippen molar-refractivity contribution in [2.24, 2.45) is 5.10 Å². The van der Waals surface area contributed by atoms with Gasteiger partial charge in [0.15, 0.2) is 5.82 Å². The molecule has 1 aliphatic rings. The monoisotopic (exact) mass is 354 g/mol. The molecule has 2 aromatic rings. The molecule has 0 fully saturated rings. The van der Waals surface area contributed by atoms with Gasteiger partial charge in [-0.05, 0) is 29.8 Å². The summed E-state index contributed by atoms with van der Waals surface area (Å²) in [5.41, 5.74) is 1.97. The van der Waals surface area contributed by atoms with Crippen molar-refractivity contribution in [3.05, 3.63) is 40.7 Å². The summed E-state index contributed by atoms with van der Waals surface area (Å²) >= 11 is 13.2. The van der Waals surface area contributed by atoms with Crippen LogP contribution in [0.25, 0.3) is 6.08 Å². The van der Waals surface area contributed by atoms with Gasteiger partial charge < -0.3 is 4.74 Å². The highest BCUT2D eigenvalue weighted by Gasteiger charge is 2.19. The molecule has 22 heavy (non-hydrogen) atoms. The number of alkyl halides is 1. The highest BCUT2D eigenvalue weighted by atomic mass is 35.5. The van der Waals surface area contributed by atoms with Gasteiger partial charge >= 0.3 is 0 Å². The Morgan fingerprint density at radius 2 is 2.14 bits per heavy atom. The number of aromatic nitrogens is 3. The zero-order valence-electron chi connectivity index (χ0n) is 11.7. The van der Waals surface area contributed by atoms with Crippen molar-refractivity contribution >= 4 is 46.8 Å². The van der Waals surface area contributed by atoms with Gasteiger partial charge in [0.05, 0.1) is 18.7 Å². The molecular weight excluding hydrogens is 343 g/mol. The summed E-state index contributed by atoms with van der Waals surface area (Å²) in [6, 6.07) is 7.79. The van der Waals surface area contributed by atoms with Crippen LogP contribution in [-0.4, -0.2) is 39.3 Å². The second-order valence-electron chi connectivity index (χ2n) is 4.44. The van der Waals surface area contributed by atoms with Crippen molar-refractivity contribution < 1.29 is 4.74 Å². The molecule has 0 amide bonds. The van der Waals surface area contributed by atoms with E-state index in [4.69, 9.17) is 27.9 Å². The maximum atomic E-state index is 5.96. The largest absolute Gasteiger partial charge is 0.497 e. The maximum Gasteiger partial charge on any atom is 0.212 e. The Kier molecular flexibility index (Phi) is 4.71. The van der Waals surface area contributed by atoms with Gasteiger partial charge in [0.1, 0.15) is 5.75 Å². The van der Waals surface area contributed by atoms with Crippen LogP contribution in [0.4, 0.5) is 0 Å². The highest BCUT2D eigenvalue weighted by Crippen LogP contribution is 2.25. The Hall–Kier alpha value is -1.50. The number of rotatable bonds is 4. The first-order valence-electron chi connectivity index (χ1n) is 6.44. The number of methoxy groups -OCH3 is 1. The summed E-state index contributed by atoms with van der Waals surface area (Å²) in [6.07, 6.45) is 1.67. The van der Waals surface area contributed by atoms with Crippen LogP contribution in [0.3, 0.4) is 0 Å². The average molecular weight is 355 g/mol. The lowest BCUT2D eigenvalue weighted by Gasteiger charge is -2.13. The standard InChI is InChI=1S/C14H12Cl2N4OS/c1-21-11-4-2-9(3-5-11)12-8-22-14-18-17-13(20(14)19-12)6-10(16)7-15/h2-6H,7-8H2,1H3/b10-6-. The first kappa shape index (κ1) is 15.4. The molecule has 0 atom stereocenters. The molecule has 1 aromatic carbocycles. The molecule has 1 aliphatic heterocycles. The molecule has 114 valence electrons. The quantitative estimate of drug-likeness (QED) is 0.789. The SMILES string of the molecule is COc1ccc(C2=Nn3c(/C=C(\Cl)CCl)nnc3SC2)cc1. The van der Waals surface area contributed by atoms with E-state index in [0.29, 0.717) is 10.9 Å². The minimum Gasteiger partial charge on any atom is -0.497 e. The number of fused-ring (bicyclic) bond motifs is 1. The Labute approximate surface area is 142 Å². The van der Waals surface area contributed by atoms with E-state index in [9.17, 15) is 0 Å². The van der Waals surface area contributed by atoms with Crippen LogP contribution in [0, 0.1) is 0 Å². The van der Waals surface area contributed by atoms with Crippen LogP contribution in [0.2, 0.25) is 0 Å². The smallest absolute Gasteiger partial charge is 0.212 e. The van der Waals surface area contributed by atoms with Gasteiger partial charge in [0.2, 0.25) is 5.16 Å². The molecule has 0 bridgehead atoms. The van der Waals surface area contributed by atoms with Gasteiger partial charge in [-0.25, -0.2) is 0 Å². The molecule has 0 N–H and O–H groups in total. The number of benzene rings is 1. The fourth-order valence-electron chi connectivity index (χ4n) is 1.94. The molecular formula is C14H12Cl2N4OS. The van der Waals surface area contributed by atoms with Crippen molar-refractivity contribution in [1.82, 2.24) is 14.9 Å². The summed E-state index contributed by atoms with van der Waals surface area (Å²) in [4.78, 5) is 0. The highest BCUT2D eigenvalue weighted by molar-refractivity contribution is 7.99. The molecule has 0 saturated carbocycles. The molecule has 0 radical (unpaired) electrons. The van der Waals surface area contributed by atoms with Crippen LogP contribution < -0.4 is 4.74 Å². The molecule has 2 heterocycles. The number of ether oxygens (including phenoxy) is 1. The first-order valence-corrected chi connectivity index (χ1v) is 8.33. The van der Waals surface area contributed by atoms with Gasteiger partial charge in [-0.3, -0.25) is 0 Å². The predicted molar refractivity (Wildman–Crippen MR) is 90.2 cm³/mol. The van der Waals surface area contributed by atoms with E-state index in [1.807, 2.05) is 24.3 Å². The van der Waals surface area contributed by atoms with E-state index in [-0.39, 0.29) is 5.88 Å². The Bertz CT molecular complexity index is 740. The Morgan fingerprint density at radius 1 is 1.36 bits per heavy atom. The lowest BCUT2D eigenvalue weighted by Crippen LogP contribution is -2.13. The van der Waals surface area contributed by atoms with Crippen molar-refractivity contribution in [2.75, 3.05) is 18.7 Å². The Balaban J connectivity index is 1.96. The summed E-state index contributed by atoms with van der Waals surface area (Å²) < 4.78 is 6.85. The van der Waals surface area contributed by atoms with Crippen molar-refractivity contribution in [2.45, 2.75) is 5.16 Å². The third kappa shape index (κ3) is 3.14. The number of hydrogen-bond donors (Lipinski definition) is 0. The van der Waals surface area contributed by atoms with E-state index in [1.54, 1.807) is 29.6 Å². The van der Waals surface area contributed by atoms with Crippen LogP contribution in [0.5, 0.6) is 5.75 Å². The lowest BCUT2D eigenvalue weighted by atomic mass is 10.1. The molecule has 5 nitrogen and oxygen atoms in total. The van der Waals surface area contributed by atoms with E-state index in [1.165, 1.54) is 0 Å². The van der Waals surface area contributed by atoms with Gasteiger partial charge in [-0.2, -0.15) is 9.78 Å². The normalized spacial score (nSPS) is 14.5. The summed E-state index contributed by atoms with van der Waals surface area (Å²) in [5.74, 6) is 2.35. The van der Waals surface area contributed by atoms with Crippen LogP contribution in [0.15, 0.2) is 39.6 Å². The fourth-order valence-corrected chi connectivity index (χ4v) is 2.96. The fraction of sp³-hybridized carbons (Fsp3) is 0.214. The van der Waals surface area contributed by atoms with Crippen LogP contribution in [-0.2, 0) is 0 Å². The van der Waals surface area contributed by atoms with Gasteiger partial charge in [-0.15, -0.1) is 21.8 Å². The molecule has 0 aliphatic carbocycles.